The van der Waals surface area contributed by atoms with Crippen LogP contribution in [0.4, 0.5) is 0 Å². The van der Waals surface area contributed by atoms with Crippen molar-refractivity contribution in [3.8, 4) is 5.88 Å². The van der Waals surface area contributed by atoms with E-state index in [2.05, 4.69) is 10.1 Å². The number of hydrogen-bond acceptors (Lipinski definition) is 5. The third kappa shape index (κ3) is 2.90. The lowest BCUT2D eigenvalue weighted by Crippen LogP contribution is -2.07. The lowest BCUT2D eigenvalue weighted by molar-refractivity contribution is 0.0471. The molecule has 0 N–H and O–H groups in total. The fourth-order valence-electron chi connectivity index (χ4n) is 1.54. The molecule has 100 valence electrons. The predicted molar refractivity (Wildman–Crippen MR) is 67.9 cm³/mol. The number of carbonyl (C=O) groups is 1. The number of rotatable bonds is 4. The number of esters is 1. The summed E-state index contributed by atoms with van der Waals surface area (Å²) < 4.78 is 11.8. The van der Waals surface area contributed by atoms with Crippen LogP contribution >= 0.6 is 0 Å². The Kier molecular flexibility index (Phi) is 3.79. The Balaban J connectivity index is 1.98. The Labute approximate surface area is 111 Å². The fraction of sp³-hybridized carbons (Fsp3) is 0.308. The molecule has 6 nitrogen and oxygen atoms in total. The van der Waals surface area contributed by atoms with Gasteiger partial charge in [-0.15, -0.1) is 0 Å². The van der Waals surface area contributed by atoms with E-state index in [1.807, 2.05) is 6.92 Å². The number of pyridine rings is 1. The van der Waals surface area contributed by atoms with Crippen molar-refractivity contribution >= 4 is 5.97 Å². The summed E-state index contributed by atoms with van der Waals surface area (Å²) in [5, 5.41) is 4.00. The summed E-state index contributed by atoms with van der Waals surface area (Å²) in [5.74, 6) is 0.139. The minimum absolute atomic E-state index is 0.171. The smallest absolute Gasteiger partial charge is 0.341 e. The second-order valence-corrected chi connectivity index (χ2v) is 4.05. The van der Waals surface area contributed by atoms with Gasteiger partial charge in [0.15, 0.2) is 0 Å². The molecule has 2 rings (SSSR count). The van der Waals surface area contributed by atoms with Crippen molar-refractivity contribution in [2.75, 3.05) is 7.11 Å². The average molecular weight is 261 g/mol. The largest absolute Gasteiger partial charge is 0.481 e. The van der Waals surface area contributed by atoms with E-state index >= 15 is 0 Å². The van der Waals surface area contributed by atoms with Crippen LogP contribution in [0.1, 0.15) is 21.6 Å². The predicted octanol–water partition coefficient (Wildman–Crippen LogP) is 1.49. The number of ether oxygens (including phenoxy) is 2. The first-order valence-corrected chi connectivity index (χ1v) is 5.76. The standard InChI is InChI=1S/C13H15N3O3/c1-9-11(7-15-16(9)2)13(17)19-8-10-4-5-12(18-3)14-6-10/h4-7H,8H2,1-3H3. The molecule has 0 unspecified atom stereocenters. The Morgan fingerprint density at radius 3 is 2.68 bits per heavy atom. The fourth-order valence-corrected chi connectivity index (χ4v) is 1.54. The molecule has 0 atom stereocenters. The third-order valence-corrected chi connectivity index (χ3v) is 2.83. The molecule has 19 heavy (non-hydrogen) atoms. The lowest BCUT2D eigenvalue weighted by Gasteiger charge is -2.05. The quantitative estimate of drug-likeness (QED) is 0.780. The van der Waals surface area contributed by atoms with Gasteiger partial charge in [0.05, 0.1) is 13.3 Å². The van der Waals surface area contributed by atoms with Crippen LogP contribution in [-0.4, -0.2) is 27.8 Å². The number of nitrogens with zero attached hydrogens (tertiary/aromatic N) is 3. The highest BCUT2D eigenvalue weighted by Crippen LogP contribution is 2.11. The molecule has 0 spiro atoms. The van der Waals surface area contributed by atoms with E-state index in [0.717, 1.165) is 11.3 Å². The number of hydrogen-bond donors (Lipinski definition) is 0. The summed E-state index contributed by atoms with van der Waals surface area (Å²) in [4.78, 5) is 15.9. The SMILES string of the molecule is COc1ccc(COC(=O)c2cnn(C)c2C)cn1. The first kappa shape index (κ1) is 13.1. The summed E-state index contributed by atoms with van der Waals surface area (Å²) in [6.07, 6.45) is 3.12. The van der Waals surface area contributed by atoms with Gasteiger partial charge in [-0.2, -0.15) is 5.10 Å². The molecule has 0 amide bonds. The Hall–Kier alpha value is -2.37. The summed E-state index contributed by atoms with van der Waals surface area (Å²) in [6.45, 7) is 1.99. The number of aromatic nitrogens is 3. The maximum Gasteiger partial charge on any atom is 0.341 e. The lowest BCUT2D eigenvalue weighted by atomic mass is 10.2. The molecule has 0 aliphatic rings. The number of methoxy groups -OCH3 is 1. The van der Waals surface area contributed by atoms with Crippen molar-refractivity contribution in [2.45, 2.75) is 13.5 Å². The van der Waals surface area contributed by atoms with Gasteiger partial charge in [-0.3, -0.25) is 4.68 Å². The van der Waals surface area contributed by atoms with Crippen molar-refractivity contribution in [2.24, 2.45) is 7.05 Å². The average Bonchev–Trinajstić information content (AvgIpc) is 2.77. The highest BCUT2D eigenvalue weighted by molar-refractivity contribution is 5.90. The van der Waals surface area contributed by atoms with Gasteiger partial charge < -0.3 is 9.47 Å². The molecule has 2 aromatic rings. The summed E-state index contributed by atoms with van der Waals surface area (Å²) in [5.41, 5.74) is 2.05. The second kappa shape index (κ2) is 5.51. The van der Waals surface area contributed by atoms with E-state index in [-0.39, 0.29) is 12.6 Å². The van der Waals surface area contributed by atoms with Crippen molar-refractivity contribution in [1.29, 1.82) is 0 Å². The zero-order valence-electron chi connectivity index (χ0n) is 11.1. The topological polar surface area (TPSA) is 66.2 Å². The zero-order chi connectivity index (χ0) is 13.8. The minimum atomic E-state index is -0.388. The summed E-state index contributed by atoms with van der Waals surface area (Å²) >= 11 is 0. The number of carbonyl (C=O) groups excluding carboxylic acids is 1. The molecule has 0 aliphatic carbocycles. The zero-order valence-corrected chi connectivity index (χ0v) is 11.1. The first-order chi connectivity index (χ1) is 9.11. The second-order valence-electron chi connectivity index (χ2n) is 4.05. The normalized spacial score (nSPS) is 10.3. The minimum Gasteiger partial charge on any atom is -0.481 e. The molecule has 0 aromatic carbocycles. The van der Waals surface area contributed by atoms with Gasteiger partial charge in [0.2, 0.25) is 5.88 Å². The van der Waals surface area contributed by atoms with Gasteiger partial charge in [0.1, 0.15) is 12.2 Å². The molecule has 0 saturated carbocycles. The van der Waals surface area contributed by atoms with Gasteiger partial charge in [0, 0.05) is 30.6 Å². The third-order valence-electron chi connectivity index (χ3n) is 2.83. The highest BCUT2D eigenvalue weighted by atomic mass is 16.5. The highest BCUT2D eigenvalue weighted by Gasteiger charge is 2.14. The van der Waals surface area contributed by atoms with Crippen LogP contribution < -0.4 is 4.74 Å². The monoisotopic (exact) mass is 261 g/mol. The maximum atomic E-state index is 11.9. The summed E-state index contributed by atoms with van der Waals surface area (Å²) in [7, 11) is 3.33. The molecule has 0 aliphatic heterocycles. The molecule has 0 radical (unpaired) electrons. The molecule has 6 heteroatoms. The molecular formula is C13H15N3O3. The van der Waals surface area contributed by atoms with Gasteiger partial charge >= 0.3 is 5.97 Å². The van der Waals surface area contributed by atoms with Crippen LogP contribution in [-0.2, 0) is 18.4 Å². The van der Waals surface area contributed by atoms with Crippen LogP contribution in [0.15, 0.2) is 24.5 Å². The van der Waals surface area contributed by atoms with Crippen LogP contribution in [0.5, 0.6) is 5.88 Å². The first-order valence-electron chi connectivity index (χ1n) is 5.76. The van der Waals surface area contributed by atoms with E-state index in [1.54, 1.807) is 37.2 Å². The Morgan fingerprint density at radius 1 is 1.37 bits per heavy atom. The van der Waals surface area contributed by atoms with E-state index in [1.165, 1.54) is 6.20 Å². The van der Waals surface area contributed by atoms with Crippen molar-refractivity contribution in [3.05, 3.63) is 41.3 Å². The van der Waals surface area contributed by atoms with E-state index in [0.29, 0.717) is 11.4 Å². The van der Waals surface area contributed by atoms with Crippen molar-refractivity contribution in [1.82, 2.24) is 14.8 Å². The van der Waals surface area contributed by atoms with E-state index in [4.69, 9.17) is 9.47 Å². The van der Waals surface area contributed by atoms with Gasteiger partial charge in [-0.1, -0.05) is 0 Å². The van der Waals surface area contributed by atoms with Gasteiger partial charge in [-0.05, 0) is 13.0 Å². The molecule has 0 saturated heterocycles. The van der Waals surface area contributed by atoms with Crippen molar-refractivity contribution in [3.63, 3.8) is 0 Å². The molecule has 2 aromatic heterocycles. The molecule has 0 fully saturated rings. The Morgan fingerprint density at radius 2 is 2.16 bits per heavy atom. The maximum absolute atomic E-state index is 11.9. The van der Waals surface area contributed by atoms with E-state index < -0.39 is 0 Å². The van der Waals surface area contributed by atoms with Crippen LogP contribution in [0, 0.1) is 6.92 Å². The van der Waals surface area contributed by atoms with Gasteiger partial charge in [0.25, 0.3) is 0 Å². The van der Waals surface area contributed by atoms with Crippen LogP contribution in [0.25, 0.3) is 0 Å². The Bertz CT molecular complexity index is 575. The molecule has 2 heterocycles. The number of aryl methyl sites for hydroxylation is 1. The van der Waals surface area contributed by atoms with Gasteiger partial charge in [-0.25, -0.2) is 9.78 Å². The molecular weight excluding hydrogens is 246 g/mol. The van der Waals surface area contributed by atoms with Crippen LogP contribution in [0.2, 0.25) is 0 Å². The summed E-state index contributed by atoms with van der Waals surface area (Å²) in [6, 6.07) is 3.52. The molecule has 0 bridgehead atoms. The van der Waals surface area contributed by atoms with Crippen molar-refractivity contribution < 1.29 is 14.3 Å². The van der Waals surface area contributed by atoms with Crippen LogP contribution in [0.3, 0.4) is 0 Å². The van der Waals surface area contributed by atoms with E-state index in [9.17, 15) is 4.79 Å².